The predicted molar refractivity (Wildman–Crippen MR) is 148 cm³/mol. The molecule has 0 aliphatic heterocycles. The van der Waals surface area contributed by atoms with Crippen molar-refractivity contribution < 1.29 is 19.1 Å². The Morgan fingerprint density at radius 2 is 1.49 bits per heavy atom. The molecule has 1 N–H and O–H groups in total. The fourth-order valence-electron chi connectivity index (χ4n) is 4.77. The summed E-state index contributed by atoms with van der Waals surface area (Å²) < 4.78 is 15.6. The van der Waals surface area contributed by atoms with E-state index >= 15 is 0 Å². The topological polar surface area (TPSA) is 64.6 Å². The van der Waals surface area contributed by atoms with E-state index in [1.54, 1.807) is 6.08 Å². The van der Waals surface area contributed by atoms with Gasteiger partial charge in [-0.25, -0.2) is 0 Å². The Labute approximate surface area is 218 Å². The molecule has 0 fully saturated rings. The van der Waals surface area contributed by atoms with E-state index in [0.29, 0.717) is 0 Å². The van der Waals surface area contributed by atoms with Crippen LogP contribution in [0.3, 0.4) is 0 Å². The molecular formula is C29H49NO4Sn. The summed E-state index contributed by atoms with van der Waals surface area (Å²) in [6, 6.07) is 9.51. The first-order valence-corrected chi connectivity index (χ1v) is 21.1. The summed E-state index contributed by atoms with van der Waals surface area (Å²) in [4.78, 5) is 25.7. The van der Waals surface area contributed by atoms with Gasteiger partial charge in [-0.2, -0.15) is 0 Å². The van der Waals surface area contributed by atoms with Gasteiger partial charge in [-0.3, -0.25) is 0 Å². The second kappa shape index (κ2) is 17.9. The van der Waals surface area contributed by atoms with E-state index in [0.717, 1.165) is 31.2 Å². The van der Waals surface area contributed by atoms with E-state index in [9.17, 15) is 9.59 Å². The molecule has 0 aliphatic rings. The first-order chi connectivity index (χ1) is 16.9. The number of amides is 1. The van der Waals surface area contributed by atoms with Crippen molar-refractivity contribution in [3.8, 4) is 0 Å². The number of rotatable bonds is 17. The summed E-state index contributed by atoms with van der Waals surface area (Å²) in [5, 5.41) is 3.22. The fourth-order valence-corrected chi connectivity index (χ4v) is 22.3. The van der Waals surface area contributed by atoms with Crippen LogP contribution in [0.4, 0.5) is 4.79 Å². The SMILES string of the molecule is CCC[CH2][Sn]([CH2]CCC)([CH2]CCC)/[C](=C\C(=O)OC)[C@@H](NC(=O)OCc1ccccc1)C(C)CC. The van der Waals surface area contributed by atoms with Gasteiger partial charge in [0.1, 0.15) is 0 Å². The van der Waals surface area contributed by atoms with E-state index < -0.39 is 24.5 Å². The minimum absolute atomic E-state index is 0.191. The molecular weight excluding hydrogens is 545 g/mol. The summed E-state index contributed by atoms with van der Waals surface area (Å²) in [5.74, 6) is -0.116. The molecule has 1 aromatic rings. The molecule has 198 valence electrons. The Morgan fingerprint density at radius 1 is 0.943 bits per heavy atom. The van der Waals surface area contributed by atoms with Crippen LogP contribution in [-0.2, 0) is 20.9 Å². The van der Waals surface area contributed by atoms with Crippen molar-refractivity contribution in [2.24, 2.45) is 5.92 Å². The van der Waals surface area contributed by atoms with Crippen LogP contribution in [0, 0.1) is 5.92 Å². The van der Waals surface area contributed by atoms with Crippen molar-refractivity contribution >= 4 is 30.4 Å². The molecule has 5 nitrogen and oxygen atoms in total. The molecule has 35 heavy (non-hydrogen) atoms. The second-order valence-corrected chi connectivity index (χ2v) is 23.0. The van der Waals surface area contributed by atoms with Gasteiger partial charge in [0, 0.05) is 0 Å². The quantitative estimate of drug-likeness (QED) is 0.114. The molecule has 0 saturated heterocycles. The molecule has 0 spiro atoms. The number of carbonyl (C=O) groups is 2. The number of unbranched alkanes of at least 4 members (excludes halogenated alkanes) is 3. The number of alkyl carbamates (subject to hydrolysis) is 1. The third-order valence-corrected chi connectivity index (χ3v) is 23.2. The Bertz CT molecular complexity index is 743. The van der Waals surface area contributed by atoms with Crippen LogP contribution in [-0.4, -0.2) is 43.6 Å². The monoisotopic (exact) mass is 595 g/mol. The van der Waals surface area contributed by atoms with Gasteiger partial charge in [0.25, 0.3) is 0 Å². The van der Waals surface area contributed by atoms with Gasteiger partial charge in [0.05, 0.1) is 0 Å². The second-order valence-electron chi connectivity index (χ2n) is 9.78. The fraction of sp³-hybridized carbons (Fsp3) is 0.655. The van der Waals surface area contributed by atoms with Crippen molar-refractivity contribution in [1.82, 2.24) is 5.32 Å². The van der Waals surface area contributed by atoms with Crippen LogP contribution < -0.4 is 5.32 Å². The number of hydrogen-bond donors (Lipinski definition) is 1. The maximum atomic E-state index is 13.0. The number of nitrogens with one attached hydrogen (secondary N) is 1. The van der Waals surface area contributed by atoms with Crippen molar-refractivity contribution in [2.45, 2.75) is 106 Å². The van der Waals surface area contributed by atoms with Gasteiger partial charge in [0.15, 0.2) is 0 Å². The van der Waals surface area contributed by atoms with Crippen LogP contribution >= 0.6 is 0 Å². The molecule has 0 heterocycles. The molecule has 0 bridgehead atoms. The molecule has 1 unspecified atom stereocenters. The minimum atomic E-state index is -3.05. The molecule has 1 amide bonds. The molecule has 1 aromatic carbocycles. The van der Waals surface area contributed by atoms with E-state index in [1.165, 1.54) is 43.3 Å². The zero-order valence-electron chi connectivity index (χ0n) is 23.0. The van der Waals surface area contributed by atoms with E-state index in [4.69, 9.17) is 9.47 Å². The summed E-state index contributed by atoms with van der Waals surface area (Å²) in [6.07, 6.45) is 9.20. The zero-order valence-corrected chi connectivity index (χ0v) is 25.9. The van der Waals surface area contributed by atoms with Gasteiger partial charge >= 0.3 is 219 Å². The number of methoxy groups -OCH3 is 1. The van der Waals surface area contributed by atoms with Crippen molar-refractivity contribution in [2.75, 3.05) is 7.11 Å². The molecule has 2 atom stereocenters. The average Bonchev–Trinajstić information content (AvgIpc) is 2.89. The van der Waals surface area contributed by atoms with Crippen molar-refractivity contribution in [3.05, 3.63) is 45.6 Å². The number of carbonyl (C=O) groups excluding carboxylic acids is 2. The Morgan fingerprint density at radius 3 is 1.94 bits per heavy atom. The third-order valence-electron chi connectivity index (χ3n) is 7.15. The van der Waals surface area contributed by atoms with Gasteiger partial charge in [0.2, 0.25) is 0 Å². The van der Waals surface area contributed by atoms with Crippen LogP contribution in [0.1, 0.15) is 85.1 Å². The number of esters is 1. The number of ether oxygens (including phenoxy) is 2. The van der Waals surface area contributed by atoms with Crippen LogP contribution in [0.5, 0.6) is 0 Å². The first-order valence-electron chi connectivity index (χ1n) is 13.6. The first kappa shape index (κ1) is 31.5. The molecule has 0 aromatic heterocycles. The van der Waals surface area contributed by atoms with Gasteiger partial charge in [-0.15, -0.1) is 0 Å². The Balaban J connectivity index is 3.41. The van der Waals surface area contributed by atoms with E-state index in [1.807, 2.05) is 30.3 Å². The maximum absolute atomic E-state index is 13.0. The van der Waals surface area contributed by atoms with Crippen LogP contribution in [0.25, 0.3) is 0 Å². The zero-order chi connectivity index (χ0) is 26.1. The average molecular weight is 594 g/mol. The summed E-state index contributed by atoms with van der Waals surface area (Å²) in [5.41, 5.74) is 0.954. The van der Waals surface area contributed by atoms with Crippen LogP contribution in [0.2, 0.25) is 13.3 Å². The predicted octanol–water partition coefficient (Wildman–Crippen LogP) is 7.82. The number of benzene rings is 1. The van der Waals surface area contributed by atoms with Crippen molar-refractivity contribution in [1.29, 1.82) is 0 Å². The normalized spacial score (nSPS) is 13.7. The molecule has 0 aliphatic carbocycles. The Kier molecular flexibility index (Phi) is 16.1. The third kappa shape index (κ3) is 11.0. The molecule has 0 saturated carbocycles. The molecule has 6 heteroatoms. The van der Waals surface area contributed by atoms with E-state index in [-0.39, 0.29) is 24.5 Å². The number of hydrogen-bond acceptors (Lipinski definition) is 4. The van der Waals surface area contributed by atoms with E-state index in [2.05, 4.69) is 39.9 Å². The standard InChI is InChI=1S/C17H22NO4.3C4H9.Sn/c1-4-13(2)15(10-11-16(19)21-3)18-17(20)22-12-14-8-6-5-7-9-14;3*1-3-4-2;/h5-9,11,13,15H,4,12H2,1-3H3,(H,18,20);3*1,3-4H2,2H3;/t13?,15-;;;;/m1..../s1. The van der Waals surface area contributed by atoms with Gasteiger partial charge in [-0.1, -0.05) is 0 Å². The van der Waals surface area contributed by atoms with Crippen molar-refractivity contribution in [3.63, 3.8) is 0 Å². The van der Waals surface area contributed by atoms with Gasteiger partial charge in [-0.05, 0) is 0 Å². The molecule has 0 radical (unpaired) electrons. The summed E-state index contributed by atoms with van der Waals surface area (Å²) in [6.45, 7) is 11.3. The Hall–Kier alpha value is -1.50. The molecule has 1 rings (SSSR count). The summed E-state index contributed by atoms with van der Waals surface area (Å²) >= 11 is -3.05. The van der Waals surface area contributed by atoms with Crippen LogP contribution in [0.15, 0.2) is 40.0 Å². The van der Waals surface area contributed by atoms with Gasteiger partial charge < -0.3 is 0 Å². The summed E-state index contributed by atoms with van der Waals surface area (Å²) in [7, 11) is 1.44.